The van der Waals surface area contributed by atoms with E-state index in [0.29, 0.717) is 23.8 Å². The van der Waals surface area contributed by atoms with E-state index >= 15 is 0 Å². The molecule has 0 saturated carbocycles. The van der Waals surface area contributed by atoms with E-state index in [2.05, 4.69) is 63.1 Å². The van der Waals surface area contributed by atoms with Crippen LogP contribution in [0.5, 0.6) is 0 Å². The quantitative estimate of drug-likeness (QED) is 0.265. The number of hydrogen-bond acceptors (Lipinski definition) is 9. The molecule has 2 unspecified atom stereocenters. The van der Waals surface area contributed by atoms with Gasteiger partial charge in [0.05, 0.1) is 55.7 Å². The lowest BCUT2D eigenvalue weighted by atomic mass is 10.0. The fraction of sp³-hybridized carbons (Fsp3) is 0.348. The number of aromatic nitrogens is 1. The van der Waals surface area contributed by atoms with E-state index in [0.717, 1.165) is 8.95 Å². The molecule has 2 heterocycles. The molecule has 192 valence electrons. The topological polar surface area (TPSA) is 154 Å². The van der Waals surface area contributed by atoms with Crippen molar-refractivity contribution in [1.82, 2.24) is 20.9 Å². The van der Waals surface area contributed by atoms with Crippen LogP contribution in [0.15, 0.2) is 50.6 Å². The lowest BCUT2D eigenvalue weighted by molar-refractivity contribution is -0.143. The van der Waals surface area contributed by atoms with Crippen LogP contribution in [0.3, 0.4) is 0 Å². The van der Waals surface area contributed by atoms with Gasteiger partial charge in [-0.15, -0.1) is 0 Å². The predicted octanol–water partition coefficient (Wildman–Crippen LogP) is 1.88. The Morgan fingerprint density at radius 2 is 1.94 bits per heavy atom. The summed E-state index contributed by atoms with van der Waals surface area (Å²) in [7, 11) is 0. The van der Waals surface area contributed by atoms with E-state index in [1.807, 2.05) is 6.07 Å². The standard InChI is InChI=1S/C23H26Br2N6O5/c1-2-36-21(34)7-19(13-3-15(24)6-16(25)4-13)31-20(33)12-27-22(35)14-5-17(9-26-8-14)30-23-28-10-18(32)11-29-23/h3-6,8-9,18-19,32H,2,7,10-12H2,1H3,(H,27,35)(H,31,33)(H2,28,29,30). The van der Waals surface area contributed by atoms with Gasteiger partial charge in [-0.25, -0.2) is 0 Å². The van der Waals surface area contributed by atoms with Crippen molar-refractivity contribution in [1.29, 1.82) is 0 Å². The minimum absolute atomic E-state index is 0.0665. The number of hydrogen-bond donors (Lipinski definition) is 5. The van der Waals surface area contributed by atoms with Crippen molar-refractivity contribution in [2.45, 2.75) is 25.5 Å². The maximum Gasteiger partial charge on any atom is 0.308 e. The maximum atomic E-state index is 12.7. The van der Waals surface area contributed by atoms with Gasteiger partial charge in [0.25, 0.3) is 5.91 Å². The van der Waals surface area contributed by atoms with Crippen molar-refractivity contribution < 1.29 is 24.2 Å². The Labute approximate surface area is 224 Å². The molecule has 0 fully saturated rings. The number of ether oxygens (including phenoxy) is 1. The number of guanidine groups is 1. The summed E-state index contributed by atoms with van der Waals surface area (Å²) in [5, 5.41) is 20.8. The number of halogens is 2. The van der Waals surface area contributed by atoms with Gasteiger partial charge in [-0.1, -0.05) is 31.9 Å². The van der Waals surface area contributed by atoms with E-state index in [1.165, 1.54) is 12.4 Å². The molecule has 0 radical (unpaired) electrons. The van der Waals surface area contributed by atoms with Gasteiger partial charge in [0.1, 0.15) is 0 Å². The highest BCUT2D eigenvalue weighted by Gasteiger charge is 2.21. The zero-order valence-electron chi connectivity index (χ0n) is 19.4. The fourth-order valence-electron chi connectivity index (χ4n) is 3.31. The normalized spacial score (nSPS) is 15.7. The monoisotopic (exact) mass is 624 g/mol. The van der Waals surface area contributed by atoms with Crippen molar-refractivity contribution in [2.24, 2.45) is 4.99 Å². The first kappa shape index (κ1) is 27.6. The highest BCUT2D eigenvalue weighted by Crippen LogP contribution is 2.26. The molecule has 0 spiro atoms. The first-order valence-electron chi connectivity index (χ1n) is 11.1. The number of anilines is 1. The molecule has 2 atom stereocenters. The Kier molecular flexibility index (Phi) is 10.2. The second kappa shape index (κ2) is 13.3. The molecule has 13 heteroatoms. The van der Waals surface area contributed by atoms with Crippen LogP contribution in [-0.4, -0.2) is 66.2 Å². The van der Waals surface area contributed by atoms with Crippen LogP contribution in [0, 0.1) is 0 Å². The van der Waals surface area contributed by atoms with Gasteiger partial charge in [0.15, 0.2) is 5.96 Å². The smallest absolute Gasteiger partial charge is 0.308 e. The number of carbonyl (C=O) groups excluding carboxylic acids is 3. The minimum atomic E-state index is -0.654. The number of aliphatic hydroxyl groups is 1. The van der Waals surface area contributed by atoms with Gasteiger partial charge in [-0.3, -0.25) is 24.4 Å². The molecule has 1 aromatic carbocycles. The zero-order chi connectivity index (χ0) is 26.1. The van der Waals surface area contributed by atoms with Crippen LogP contribution in [-0.2, 0) is 14.3 Å². The molecule has 0 bridgehead atoms. The van der Waals surface area contributed by atoms with E-state index < -0.39 is 29.9 Å². The zero-order valence-corrected chi connectivity index (χ0v) is 22.6. The third kappa shape index (κ3) is 8.57. The van der Waals surface area contributed by atoms with Crippen molar-refractivity contribution in [3.05, 3.63) is 56.7 Å². The van der Waals surface area contributed by atoms with Crippen molar-refractivity contribution >= 4 is 61.3 Å². The third-order valence-electron chi connectivity index (χ3n) is 4.94. The fourth-order valence-corrected chi connectivity index (χ4v) is 4.64. The Balaban J connectivity index is 1.60. The van der Waals surface area contributed by atoms with Crippen molar-refractivity contribution in [3.63, 3.8) is 0 Å². The number of aliphatic imine (C=N–C) groups is 1. The minimum Gasteiger partial charge on any atom is -0.466 e. The molecule has 11 nitrogen and oxygen atoms in total. The largest absolute Gasteiger partial charge is 0.466 e. The Morgan fingerprint density at radius 1 is 1.19 bits per heavy atom. The van der Waals surface area contributed by atoms with E-state index in [4.69, 9.17) is 4.74 Å². The first-order chi connectivity index (χ1) is 17.2. The number of nitrogens with one attached hydrogen (secondary N) is 4. The summed E-state index contributed by atoms with van der Waals surface area (Å²) < 4.78 is 6.59. The van der Waals surface area contributed by atoms with E-state index in [-0.39, 0.29) is 31.7 Å². The highest BCUT2D eigenvalue weighted by atomic mass is 79.9. The number of esters is 1. The van der Waals surface area contributed by atoms with Gasteiger partial charge in [-0.05, 0) is 36.8 Å². The van der Waals surface area contributed by atoms with Crippen LogP contribution >= 0.6 is 31.9 Å². The van der Waals surface area contributed by atoms with E-state index in [9.17, 15) is 19.5 Å². The molecular formula is C23H26Br2N6O5. The molecule has 2 amide bonds. The van der Waals surface area contributed by atoms with Crippen LogP contribution in [0.2, 0.25) is 0 Å². The summed E-state index contributed by atoms with van der Waals surface area (Å²) in [5.41, 5.74) is 1.45. The van der Waals surface area contributed by atoms with Crippen LogP contribution in [0.4, 0.5) is 5.69 Å². The molecular weight excluding hydrogens is 600 g/mol. The summed E-state index contributed by atoms with van der Waals surface area (Å²) >= 11 is 6.82. The maximum absolute atomic E-state index is 12.7. The van der Waals surface area contributed by atoms with Gasteiger partial charge in [0, 0.05) is 21.7 Å². The van der Waals surface area contributed by atoms with Gasteiger partial charge in [-0.2, -0.15) is 0 Å². The summed E-state index contributed by atoms with van der Waals surface area (Å²) in [4.78, 5) is 45.6. The number of pyridine rings is 1. The number of amides is 2. The van der Waals surface area contributed by atoms with Gasteiger partial charge >= 0.3 is 5.97 Å². The molecule has 1 aromatic heterocycles. The van der Waals surface area contributed by atoms with Crippen molar-refractivity contribution in [2.75, 3.05) is 31.6 Å². The Hall–Kier alpha value is -3.03. The Morgan fingerprint density at radius 3 is 2.61 bits per heavy atom. The number of nitrogens with zero attached hydrogens (tertiary/aromatic N) is 2. The van der Waals surface area contributed by atoms with Crippen LogP contribution < -0.4 is 21.3 Å². The number of aliphatic hydroxyl groups excluding tert-OH is 1. The molecule has 3 rings (SSSR count). The second-order valence-corrected chi connectivity index (χ2v) is 9.66. The highest BCUT2D eigenvalue weighted by molar-refractivity contribution is 9.11. The lowest BCUT2D eigenvalue weighted by Gasteiger charge is -2.20. The van der Waals surface area contributed by atoms with Crippen LogP contribution in [0.25, 0.3) is 0 Å². The average Bonchev–Trinajstić information content (AvgIpc) is 2.83. The van der Waals surface area contributed by atoms with Gasteiger partial charge < -0.3 is 31.1 Å². The lowest BCUT2D eigenvalue weighted by Crippen LogP contribution is -2.42. The first-order valence-corrected chi connectivity index (χ1v) is 12.7. The third-order valence-corrected chi connectivity index (χ3v) is 5.85. The Bertz CT molecular complexity index is 1130. The SMILES string of the molecule is CCOC(=O)CC(NC(=O)CNC(=O)c1cncc(NC2=NCC(O)CN2)c1)c1cc(Br)cc(Br)c1. The van der Waals surface area contributed by atoms with Crippen molar-refractivity contribution in [3.8, 4) is 0 Å². The number of carbonyl (C=O) groups is 3. The molecule has 2 aromatic rings. The summed E-state index contributed by atoms with van der Waals surface area (Å²) in [6.45, 7) is 2.26. The molecule has 36 heavy (non-hydrogen) atoms. The summed E-state index contributed by atoms with van der Waals surface area (Å²) in [5.74, 6) is -0.964. The molecule has 0 aliphatic carbocycles. The summed E-state index contributed by atoms with van der Waals surface area (Å²) in [6, 6.07) is 6.34. The molecule has 1 aliphatic rings. The molecule has 0 saturated heterocycles. The molecule has 5 N–H and O–H groups in total. The summed E-state index contributed by atoms with van der Waals surface area (Å²) in [6.07, 6.45) is 2.29. The van der Waals surface area contributed by atoms with Gasteiger partial charge in [0.2, 0.25) is 5.91 Å². The number of benzene rings is 1. The average molecular weight is 626 g/mol. The van der Waals surface area contributed by atoms with Crippen LogP contribution in [0.1, 0.15) is 35.3 Å². The molecule has 1 aliphatic heterocycles. The second-order valence-electron chi connectivity index (χ2n) is 7.83. The number of β-amino-alcohol motifs (C(OH)–C–C–N with tert-alkyl or cyclic N) is 1. The number of rotatable bonds is 9. The van der Waals surface area contributed by atoms with E-state index in [1.54, 1.807) is 25.1 Å². The predicted molar refractivity (Wildman–Crippen MR) is 140 cm³/mol.